The van der Waals surface area contributed by atoms with E-state index in [1.165, 1.54) is 0 Å². The molecule has 0 spiro atoms. The van der Waals surface area contributed by atoms with E-state index in [9.17, 15) is 4.79 Å². The van der Waals surface area contributed by atoms with Crippen LogP contribution in [0.25, 0.3) is 0 Å². The predicted molar refractivity (Wildman–Crippen MR) is 112 cm³/mol. The highest BCUT2D eigenvalue weighted by Gasteiger charge is 2.08. The van der Waals surface area contributed by atoms with Gasteiger partial charge in [-0.1, -0.05) is 38.1 Å². The van der Waals surface area contributed by atoms with Crippen LogP contribution < -0.4 is 16.0 Å². The fraction of sp³-hybridized carbons (Fsp3) is 0.476. The number of benzene rings is 1. The minimum Gasteiger partial charge on any atom is -0.359 e. The molecule has 3 N–H and O–H groups in total. The van der Waals surface area contributed by atoms with Crippen molar-refractivity contribution < 1.29 is 9.32 Å². The standard InChI is InChI=1S/C21H31N5O2/c1-5-8-20(27)25-17-10-7-9-16(11-17)13-23-21(22-6-2)24-14-18-12-19(15(3)4)26-28-18/h7,9-12,15H,5-6,8,13-14H2,1-4H3,(H,25,27)(H2,22,23,24). The largest absolute Gasteiger partial charge is 0.359 e. The van der Waals surface area contributed by atoms with Crippen LogP contribution in [0.1, 0.15) is 63.5 Å². The molecule has 1 heterocycles. The summed E-state index contributed by atoms with van der Waals surface area (Å²) in [4.78, 5) is 16.4. The highest BCUT2D eigenvalue weighted by atomic mass is 16.5. The van der Waals surface area contributed by atoms with E-state index in [0.29, 0.717) is 31.4 Å². The molecular weight excluding hydrogens is 354 g/mol. The molecule has 2 rings (SSSR count). The number of anilines is 1. The number of aliphatic imine (C=N–C) groups is 1. The van der Waals surface area contributed by atoms with Gasteiger partial charge in [0, 0.05) is 24.7 Å². The highest BCUT2D eigenvalue weighted by Crippen LogP contribution is 2.14. The lowest BCUT2D eigenvalue weighted by Crippen LogP contribution is -2.36. The van der Waals surface area contributed by atoms with Crippen molar-refractivity contribution in [2.45, 2.75) is 59.5 Å². The maximum Gasteiger partial charge on any atom is 0.224 e. The molecule has 152 valence electrons. The van der Waals surface area contributed by atoms with Gasteiger partial charge >= 0.3 is 0 Å². The summed E-state index contributed by atoms with van der Waals surface area (Å²) in [5.41, 5.74) is 2.76. The molecule has 0 saturated heterocycles. The zero-order valence-corrected chi connectivity index (χ0v) is 17.2. The third-order valence-corrected chi connectivity index (χ3v) is 4.05. The number of nitrogens with one attached hydrogen (secondary N) is 3. The van der Waals surface area contributed by atoms with Crippen LogP contribution >= 0.6 is 0 Å². The van der Waals surface area contributed by atoms with Crippen LogP contribution in [0.2, 0.25) is 0 Å². The quantitative estimate of drug-likeness (QED) is 0.451. The Morgan fingerprint density at radius 1 is 1.21 bits per heavy atom. The van der Waals surface area contributed by atoms with Gasteiger partial charge < -0.3 is 20.5 Å². The Morgan fingerprint density at radius 3 is 2.71 bits per heavy atom. The van der Waals surface area contributed by atoms with Crippen LogP contribution in [0.15, 0.2) is 39.8 Å². The maximum atomic E-state index is 11.8. The van der Waals surface area contributed by atoms with Gasteiger partial charge in [0.05, 0.1) is 18.8 Å². The van der Waals surface area contributed by atoms with Gasteiger partial charge in [-0.05, 0) is 37.0 Å². The van der Waals surface area contributed by atoms with Crippen LogP contribution in [-0.2, 0) is 17.9 Å². The highest BCUT2D eigenvalue weighted by molar-refractivity contribution is 5.90. The number of carbonyl (C=O) groups is 1. The molecule has 7 nitrogen and oxygen atoms in total. The normalized spacial score (nSPS) is 11.5. The molecular formula is C21H31N5O2. The van der Waals surface area contributed by atoms with E-state index < -0.39 is 0 Å². The van der Waals surface area contributed by atoms with Gasteiger partial charge in [-0.25, -0.2) is 4.99 Å². The molecule has 0 aliphatic carbocycles. The lowest BCUT2D eigenvalue weighted by Gasteiger charge is -2.10. The van der Waals surface area contributed by atoms with Crippen molar-refractivity contribution in [1.82, 2.24) is 15.8 Å². The van der Waals surface area contributed by atoms with Crippen LogP contribution in [-0.4, -0.2) is 23.6 Å². The summed E-state index contributed by atoms with van der Waals surface area (Å²) in [5, 5.41) is 13.5. The minimum atomic E-state index is 0.0333. The number of hydrogen-bond acceptors (Lipinski definition) is 4. The van der Waals surface area contributed by atoms with Gasteiger partial charge in [-0.15, -0.1) is 0 Å². The molecule has 2 aromatic rings. The summed E-state index contributed by atoms with van der Waals surface area (Å²) in [6.45, 7) is 9.94. The van der Waals surface area contributed by atoms with Crippen molar-refractivity contribution in [3.63, 3.8) is 0 Å². The second-order valence-corrected chi connectivity index (χ2v) is 6.92. The second-order valence-electron chi connectivity index (χ2n) is 6.92. The molecule has 0 radical (unpaired) electrons. The van der Waals surface area contributed by atoms with Crippen molar-refractivity contribution in [2.75, 3.05) is 11.9 Å². The number of aromatic nitrogens is 1. The SMILES string of the molecule is CCCC(=O)Nc1cccc(CN=C(NCC)NCc2cc(C(C)C)no2)c1. The Kier molecular flexibility index (Phi) is 8.52. The molecule has 28 heavy (non-hydrogen) atoms. The lowest BCUT2D eigenvalue weighted by molar-refractivity contribution is -0.116. The van der Waals surface area contributed by atoms with Crippen LogP contribution in [0.3, 0.4) is 0 Å². The summed E-state index contributed by atoms with van der Waals surface area (Å²) in [6, 6.07) is 9.72. The first kappa shape index (κ1) is 21.5. The molecule has 1 amide bonds. The summed E-state index contributed by atoms with van der Waals surface area (Å²) < 4.78 is 5.35. The van der Waals surface area contributed by atoms with Crippen molar-refractivity contribution in [1.29, 1.82) is 0 Å². The average Bonchev–Trinajstić information content (AvgIpc) is 3.14. The Balaban J connectivity index is 1.96. The van der Waals surface area contributed by atoms with Crippen LogP contribution in [0.4, 0.5) is 5.69 Å². The average molecular weight is 386 g/mol. The van der Waals surface area contributed by atoms with Gasteiger partial charge in [0.25, 0.3) is 0 Å². The number of hydrogen-bond donors (Lipinski definition) is 3. The molecule has 1 aromatic heterocycles. The van der Waals surface area contributed by atoms with Crippen molar-refractivity contribution >= 4 is 17.6 Å². The summed E-state index contributed by atoms with van der Waals surface area (Å²) in [5.74, 6) is 1.84. The molecule has 7 heteroatoms. The number of amides is 1. The van der Waals surface area contributed by atoms with Gasteiger partial charge in [0.15, 0.2) is 11.7 Å². The molecule has 0 atom stereocenters. The summed E-state index contributed by atoms with van der Waals surface area (Å²) in [7, 11) is 0. The smallest absolute Gasteiger partial charge is 0.224 e. The third-order valence-electron chi connectivity index (χ3n) is 4.05. The van der Waals surface area contributed by atoms with E-state index in [4.69, 9.17) is 4.52 Å². The van der Waals surface area contributed by atoms with Gasteiger partial charge in [-0.3, -0.25) is 4.79 Å². The first-order valence-corrected chi connectivity index (χ1v) is 9.88. The first-order chi connectivity index (χ1) is 13.5. The Hall–Kier alpha value is -2.83. The molecule has 0 fully saturated rings. The number of rotatable bonds is 9. The van der Waals surface area contributed by atoms with Crippen molar-refractivity contribution in [3.05, 3.63) is 47.3 Å². The fourth-order valence-corrected chi connectivity index (χ4v) is 2.57. The van der Waals surface area contributed by atoms with Gasteiger partial charge in [0.1, 0.15) is 0 Å². The number of carbonyl (C=O) groups excluding carboxylic acids is 1. The van der Waals surface area contributed by atoms with E-state index in [0.717, 1.165) is 35.7 Å². The van der Waals surface area contributed by atoms with E-state index >= 15 is 0 Å². The number of nitrogens with zero attached hydrogens (tertiary/aromatic N) is 2. The molecule has 0 aliphatic heterocycles. The molecule has 0 unspecified atom stereocenters. The fourth-order valence-electron chi connectivity index (χ4n) is 2.57. The zero-order chi connectivity index (χ0) is 20.4. The van der Waals surface area contributed by atoms with Gasteiger partial charge in [0.2, 0.25) is 5.91 Å². The Bertz CT molecular complexity index is 783. The Morgan fingerprint density at radius 2 is 2.04 bits per heavy atom. The number of guanidine groups is 1. The van der Waals surface area contributed by atoms with Crippen LogP contribution in [0, 0.1) is 0 Å². The van der Waals surface area contributed by atoms with Crippen LogP contribution in [0.5, 0.6) is 0 Å². The summed E-state index contributed by atoms with van der Waals surface area (Å²) >= 11 is 0. The monoisotopic (exact) mass is 385 g/mol. The Labute approximate surface area is 167 Å². The molecule has 1 aromatic carbocycles. The maximum absolute atomic E-state index is 11.8. The van der Waals surface area contributed by atoms with E-state index in [-0.39, 0.29) is 5.91 Å². The summed E-state index contributed by atoms with van der Waals surface area (Å²) in [6.07, 6.45) is 1.36. The minimum absolute atomic E-state index is 0.0333. The van der Waals surface area contributed by atoms with Crippen molar-refractivity contribution in [2.24, 2.45) is 4.99 Å². The van der Waals surface area contributed by atoms with E-state index in [1.807, 2.05) is 44.2 Å². The van der Waals surface area contributed by atoms with E-state index in [1.54, 1.807) is 0 Å². The third kappa shape index (κ3) is 7.06. The van der Waals surface area contributed by atoms with E-state index in [2.05, 4.69) is 39.9 Å². The van der Waals surface area contributed by atoms with Crippen molar-refractivity contribution in [3.8, 4) is 0 Å². The predicted octanol–water partition coefficient (Wildman–Crippen LogP) is 3.79. The second kappa shape index (κ2) is 11.1. The molecule has 0 aliphatic rings. The first-order valence-electron chi connectivity index (χ1n) is 9.88. The molecule has 0 saturated carbocycles. The molecule has 0 bridgehead atoms. The van der Waals surface area contributed by atoms with Gasteiger partial charge in [-0.2, -0.15) is 0 Å². The topological polar surface area (TPSA) is 91.5 Å². The zero-order valence-electron chi connectivity index (χ0n) is 17.2. The lowest BCUT2D eigenvalue weighted by atomic mass is 10.1.